The molecular weight excluding hydrogens is 508 g/mol. The van der Waals surface area contributed by atoms with Crippen molar-refractivity contribution in [3.8, 4) is 11.8 Å². The van der Waals surface area contributed by atoms with Crippen LogP contribution in [0.2, 0.25) is 0 Å². The Balaban J connectivity index is 1.80. The average Bonchev–Trinajstić information content (AvgIpc) is 3.18. The number of alkyl halides is 3. The molecule has 0 spiro atoms. The van der Waals surface area contributed by atoms with E-state index in [9.17, 15) is 27.2 Å². The van der Waals surface area contributed by atoms with Crippen LogP contribution in [0.15, 0.2) is 42.5 Å². The maximum Gasteiger partial charge on any atom is 0.437 e. The van der Waals surface area contributed by atoms with Gasteiger partial charge in [-0.15, -0.1) is 0 Å². The van der Waals surface area contributed by atoms with Crippen LogP contribution in [0.5, 0.6) is 5.75 Å². The summed E-state index contributed by atoms with van der Waals surface area (Å²) >= 11 is 0. The summed E-state index contributed by atoms with van der Waals surface area (Å²) in [6.07, 6.45) is -4.96. The highest BCUT2D eigenvalue weighted by atomic mass is 19.4. The third-order valence-electron chi connectivity index (χ3n) is 5.73. The molecule has 3 N–H and O–H groups in total. The van der Waals surface area contributed by atoms with E-state index in [-0.39, 0.29) is 34.6 Å². The number of nitrogens with zero attached hydrogens (tertiary/aromatic N) is 4. The maximum absolute atomic E-state index is 14.6. The number of nitrogens with one attached hydrogen (secondary N) is 1. The van der Waals surface area contributed by atoms with E-state index >= 15 is 0 Å². The zero-order valence-electron chi connectivity index (χ0n) is 19.9. The van der Waals surface area contributed by atoms with Gasteiger partial charge in [0.1, 0.15) is 17.3 Å². The van der Waals surface area contributed by atoms with Crippen LogP contribution in [0, 0.1) is 24.1 Å². The number of fused-ring (bicyclic) bond motifs is 1. The van der Waals surface area contributed by atoms with E-state index in [2.05, 4.69) is 15.4 Å². The van der Waals surface area contributed by atoms with E-state index in [1.54, 1.807) is 0 Å². The molecule has 2 aromatic carbocycles. The fraction of sp³-hybridized carbons (Fsp3) is 0.160. The highest BCUT2D eigenvalue weighted by Gasteiger charge is 2.39. The number of nitriles is 1. The number of primary amides is 1. The summed E-state index contributed by atoms with van der Waals surface area (Å²) in [5.74, 6) is -2.75. The standard InChI is InChI=1S/C25H18F4N6O3/c1-12-21(33-24(37)15-9-18(23(31)36)32-17-5-3-4-16(26)20(15)17)22(25(27,28)29)34-35(12)11-14-7-6-13(10-30)8-19(14)38-2/h3-9H,11H2,1-2H3,(H2,31,36)(H,33,37). The molecule has 4 aromatic rings. The van der Waals surface area contributed by atoms with Gasteiger partial charge in [0.25, 0.3) is 11.8 Å². The number of ether oxygens (including phenoxy) is 1. The molecule has 0 unspecified atom stereocenters. The first kappa shape index (κ1) is 26.1. The van der Waals surface area contributed by atoms with E-state index in [0.29, 0.717) is 11.1 Å². The molecular formula is C25H18F4N6O3. The third kappa shape index (κ3) is 4.83. The molecule has 194 valence electrons. The minimum Gasteiger partial charge on any atom is -0.496 e. The molecule has 38 heavy (non-hydrogen) atoms. The van der Waals surface area contributed by atoms with Crippen molar-refractivity contribution in [1.82, 2.24) is 14.8 Å². The summed E-state index contributed by atoms with van der Waals surface area (Å²) in [7, 11) is 1.35. The van der Waals surface area contributed by atoms with E-state index in [1.807, 2.05) is 6.07 Å². The monoisotopic (exact) mass is 526 g/mol. The molecule has 2 amide bonds. The van der Waals surface area contributed by atoms with Gasteiger partial charge in [-0.3, -0.25) is 14.3 Å². The number of methoxy groups -OCH3 is 1. The Morgan fingerprint density at radius 2 is 1.95 bits per heavy atom. The molecule has 0 radical (unpaired) electrons. The van der Waals surface area contributed by atoms with Crippen molar-refractivity contribution in [2.24, 2.45) is 5.73 Å². The van der Waals surface area contributed by atoms with Crippen LogP contribution < -0.4 is 15.8 Å². The summed E-state index contributed by atoms with van der Waals surface area (Å²) in [6, 6.07) is 10.9. The Morgan fingerprint density at radius 1 is 1.21 bits per heavy atom. The SMILES string of the molecule is COc1cc(C#N)ccc1Cn1nc(C(F)(F)F)c(NC(=O)c2cc(C(N)=O)nc3cccc(F)c23)c1C. The zero-order valence-corrected chi connectivity index (χ0v) is 19.9. The summed E-state index contributed by atoms with van der Waals surface area (Å²) in [5.41, 5.74) is 3.00. The summed E-state index contributed by atoms with van der Waals surface area (Å²) in [5, 5.41) is 14.6. The lowest BCUT2D eigenvalue weighted by Crippen LogP contribution is -2.20. The number of aromatic nitrogens is 3. The van der Waals surface area contributed by atoms with Crippen molar-refractivity contribution < 1.29 is 31.9 Å². The number of pyridine rings is 1. The van der Waals surface area contributed by atoms with Gasteiger partial charge in [-0.05, 0) is 37.3 Å². The zero-order chi connectivity index (χ0) is 27.8. The lowest BCUT2D eigenvalue weighted by Gasteiger charge is -2.12. The van der Waals surface area contributed by atoms with Crippen molar-refractivity contribution in [3.05, 3.63) is 82.1 Å². The Kier molecular flexibility index (Phi) is 6.74. The van der Waals surface area contributed by atoms with Gasteiger partial charge in [-0.2, -0.15) is 23.5 Å². The van der Waals surface area contributed by atoms with Crippen LogP contribution >= 0.6 is 0 Å². The minimum atomic E-state index is -4.96. The van der Waals surface area contributed by atoms with Crippen molar-refractivity contribution in [2.75, 3.05) is 12.4 Å². The molecule has 0 aliphatic heterocycles. The predicted octanol–water partition coefficient (Wildman–Crippen LogP) is 4.18. The topological polar surface area (TPSA) is 136 Å². The van der Waals surface area contributed by atoms with Gasteiger partial charge < -0.3 is 15.8 Å². The number of hydrogen-bond acceptors (Lipinski definition) is 6. The highest BCUT2D eigenvalue weighted by Crippen LogP contribution is 2.37. The van der Waals surface area contributed by atoms with E-state index in [4.69, 9.17) is 15.7 Å². The number of hydrogen-bond donors (Lipinski definition) is 2. The van der Waals surface area contributed by atoms with Crippen molar-refractivity contribution in [1.29, 1.82) is 5.26 Å². The van der Waals surface area contributed by atoms with E-state index in [1.165, 1.54) is 44.4 Å². The second-order valence-corrected chi connectivity index (χ2v) is 8.11. The normalized spacial score (nSPS) is 11.3. The molecule has 0 atom stereocenters. The molecule has 13 heteroatoms. The second-order valence-electron chi connectivity index (χ2n) is 8.11. The molecule has 0 aliphatic carbocycles. The summed E-state index contributed by atoms with van der Waals surface area (Å²) < 4.78 is 62.7. The Morgan fingerprint density at radius 3 is 2.58 bits per heavy atom. The third-order valence-corrected chi connectivity index (χ3v) is 5.73. The molecule has 2 aromatic heterocycles. The minimum absolute atomic E-state index is 0.0638. The summed E-state index contributed by atoms with van der Waals surface area (Å²) in [4.78, 5) is 28.8. The lowest BCUT2D eigenvalue weighted by molar-refractivity contribution is -0.140. The predicted molar refractivity (Wildman–Crippen MR) is 127 cm³/mol. The number of rotatable bonds is 6. The van der Waals surface area contributed by atoms with Gasteiger partial charge in [-0.25, -0.2) is 9.37 Å². The van der Waals surface area contributed by atoms with Gasteiger partial charge in [0.2, 0.25) is 0 Å². The quantitative estimate of drug-likeness (QED) is 0.362. The number of anilines is 1. The number of amides is 2. The van der Waals surface area contributed by atoms with Crippen LogP contribution in [-0.2, 0) is 12.7 Å². The molecule has 0 aliphatic rings. The first-order valence-corrected chi connectivity index (χ1v) is 10.9. The second kappa shape index (κ2) is 9.81. The molecule has 2 heterocycles. The van der Waals surface area contributed by atoms with E-state index < -0.39 is 40.8 Å². The van der Waals surface area contributed by atoms with Gasteiger partial charge >= 0.3 is 6.18 Å². The van der Waals surface area contributed by atoms with Crippen LogP contribution in [0.4, 0.5) is 23.2 Å². The fourth-order valence-corrected chi connectivity index (χ4v) is 3.88. The molecule has 9 nitrogen and oxygen atoms in total. The smallest absolute Gasteiger partial charge is 0.437 e. The Labute approximate surface area is 212 Å². The largest absolute Gasteiger partial charge is 0.496 e. The number of halogens is 4. The van der Waals surface area contributed by atoms with Gasteiger partial charge in [0, 0.05) is 10.9 Å². The lowest BCUT2D eigenvalue weighted by atomic mass is 10.1. The van der Waals surface area contributed by atoms with Gasteiger partial charge in [0.05, 0.1) is 47.7 Å². The molecule has 0 bridgehead atoms. The first-order valence-electron chi connectivity index (χ1n) is 10.9. The molecule has 0 fully saturated rings. The highest BCUT2D eigenvalue weighted by molar-refractivity contribution is 6.14. The number of benzene rings is 2. The van der Waals surface area contributed by atoms with Crippen molar-refractivity contribution in [2.45, 2.75) is 19.6 Å². The number of carbonyl (C=O) groups is 2. The van der Waals surface area contributed by atoms with Crippen molar-refractivity contribution in [3.63, 3.8) is 0 Å². The van der Waals surface area contributed by atoms with Crippen LogP contribution in [0.3, 0.4) is 0 Å². The number of nitrogens with two attached hydrogens (primary N) is 1. The Hall–Kier alpha value is -4.99. The first-order chi connectivity index (χ1) is 17.9. The van der Waals surface area contributed by atoms with Gasteiger partial charge in [-0.1, -0.05) is 12.1 Å². The molecule has 0 saturated heterocycles. The molecule has 4 rings (SSSR count). The average molecular weight is 526 g/mol. The summed E-state index contributed by atoms with van der Waals surface area (Å²) in [6.45, 7) is 1.13. The molecule has 0 saturated carbocycles. The van der Waals surface area contributed by atoms with E-state index in [0.717, 1.165) is 16.8 Å². The van der Waals surface area contributed by atoms with Crippen LogP contribution in [-0.4, -0.2) is 33.7 Å². The van der Waals surface area contributed by atoms with Crippen LogP contribution in [0.1, 0.15) is 43.4 Å². The maximum atomic E-state index is 14.6. The van der Waals surface area contributed by atoms with Gasteiger partial charge in [0.15, 0.2) is 5.69 Å². The Bertz CT molecular complexity index is 1640. The van der Waals surface area contributed by atoms with Crippen molar-refractivity contribution >= 4 is 28.4 Å². The number of carbonyl (C=O) groups excluding carboxylic acids is 2. The van der Waals surface area contributed by atoms with Crippen LogP contribution in [0.25, 0.3) is 10.9 Å². The fourth-order valence-electron chi connectivity index (χ4n) is 3.88.